The number of aryl methyl sites for hydroxylation is 1. The number of amides is 1. The molecule has 1 heterocycles. The second-order valence-corrected chi connectivity index (χ2v) is 6.68. The molecule has 1 amide bonds. The number of aliphatic hydroxyl groups excluding tert-OH is 1. The van der Waals surface area contributed by atoms with Gasteiger partial charge in [-0.25, -0.2) is 0 Å². The zero-order chi connectivity index (χ0) is 14.7. The van der Waals surface area contributed by atoms with Crippen LogP contribution in [0.5, 0.6) is 0 Å². The van der Waals surface area contributed by atoms with Crippen LogP contribution in [0.3, 0.4) is 0 Å². The van der Waals surface area contributed by atoms with Gasteiger partial charge in [-0.15, -0.1) is 0 Å². The molecular weight excluding hydrogens is 276 g/mol. The molecule has 0 aromatic carbocycles. The Morgan fingerprint density at radius 2 is 2.10 bits per heavy atom. The van der Waals surface area contributed by atoms with Crippen molar-refractivity contribution in [2.45, 2.75) is 52.2 Å². The van der Waals surface area contributed by atoms with Crippen LogP contribution in [0.4, 0.5) is 0 Å². The Kier molecular flexibility index (Phi) is 4.99. The lowest BCUT2D eigenvalue weighted by Gasteiger charge is -2.18. The Hall–Kier alpha value is -1.14. The molecule has 112 valence electrons. The van der Waals surface area contributed by atoms with Gasteiger partial charge in [-0.2, -0.15) is 0 Å². The van der Waals surface area contributed by atoms with Gasteiger partial charge < -0.3 is 10.4 Å². The highest BCUT2D eigenvalue weighted by molar-refractivity contribution is 7.09. The third kappa shape index (κ3) is 3.49. The van der Waals surface area contributed by atoms with Gasteiger partial charge in [0.1, 0.15) is 6.54 Å². The number of nitrogens with zero attached hydrogens (tertiary/aromatic N) is 1. The maximum Gasteiger partial charge on any atom is 0.308 e. The van der Waals surface area contributed by atoms with Crippen molar-refractivity contribution in [2.24, 2.45) is 5.92 Å². The first-order valence-corrected chi connectivity index (χ1v) is 7.92. The van der Waals surface area contributed by atoms with Crippen LogP contribution in [0.1, 0.15) is 36.3 Å². The monoisotopic (exact) mass is 298 g/mol. The molecule has 1 aromatic heterocycles. The standard InChI is InChI=1S/C14H22N2O3S/c1-9-10(2)20-14(19)16(9)8-13(18)15-7-12(17)11-5-3-4-6-11/h11-12,17H,3-8H2,1-2H3,(H,15,18). The van der Waals surface area contributed by atoms with E-state index in [1.54, 1.807) is 0 Å². The summed E-state index contributed by atoms with van der Waals surface area (Å²) in [6.45, 7) is 4.03. The summed E-state index contributed by atoms with van der Waals surface area (Å²) in [6.07, 6.45) is 3.94. The summed E-state index contributed by atoms with van der Waals surface area (Å²) in [5.74, 6) is 0.0909. The van der Waals surface area contributed by atoms with Gasteiger partial charge >= 0.3 is 4.87 Å². The lowest BCUT2D eigenvalue weighted by molar-refractivity contribution is -0.122. The van der Waals surface area contributed by atoms with E-state index in [-0.39, 0.29) is 23.9 Å². The highest BCUT2D eigenvalue weighted by Crippen LogP contribution is 2.27. The average Bonchev–Trinajstić information content (AvgIpc) is 3.01. The van der Waals surface area contributed by atoms with Crippen molar-refractivity contribution in [2.75, 3.05) is 6.54 Å². The maximum atomic E-state index is 11.9. The van der Waals surface area contributed by atoms with E-state index in [4.69, 9.17) is 0 Å². The molecule has 1 aromatic rings. The minimum Gasteiger partial charge on any atom is -0.391 e. The number of hydrogen-bond acceptors (Lipinski definition) is 4. The molecule has 2 N–H and O–H groups in total. The van der Waals surface area contributed by atoms with Crippen LogP contribution in [-0.2, 0) is 11.3 Å². The summed E-state index contributed by atoms with van der Waals surface area (Å²) in [5, 5.41) is 12.7. The van der Waals surface area contributed by atoms with Gasteiger partial charge in [-0.1, -0.05) is 24.2 Å². The van der Waals surface area contributed by atoms with E-state index < -0.39 is 6.10 Å². The van der Waals surface area contributed by atoms with Crippen LogP contribution in [-0.4, -0.2) is 28.2 Å². The molecule has 0 bridgehead atoms. The van der Waals surface area contributed by atoms with Crippen molar-refractivity contribution in [3.8, 4) is 0 Å². The van der Waals surface area contributed by atoms with Crippen LogP contribution in [0.2, 0.25) is 0 Å². The van der Waals surface area contributed by atoms with Crippen LogP contribution in [0.25, 0.3) is 0 Å². The fourth-order valence-electron chi connectivity index (χ4n) is 2.70. The number of carbonyl (C=O) groups excluding carboxylic acids is 1. The van der Waals surface area contributed by atoms with Gasteiger partial charge in [0, 0.05) is 17.1 Å². The number of carbonyl (C=O) groups is 1. The fraction of sp³-hybridized carbons (Fsp3) is 0.714. The zero-order valence-electron chi connectivity index (χ0n) is 12.0. The molecule has 1 aliphatic rings. The van der Waals surface area contributed by atoms with Crippen molar-refractivity contribution in [3.05, 3.63) is 20.2 Å². The predicted octanol–water partition coefficient (Wildman–Crippen LogP) is 1.19. The van der Waals surface area contributed by atoms with E-state index in [1.807, 2.05) is 13.8 Å². The molecular formula is C14H22N2O3S. The Bertz CT molecular complexity index is 529. The van der Waals surface area contributed by atoms with Crippen LogP contribution in [0.15, 0.2) is 4.79 Å². The Morgan fingerprint density at radius 1 is 1.45 bits per heavy atom. The Balaban J connectivity index is 1.84. The van der Waals surface area contributed by atoms with Crippen molar-refractivity contribution >= 4 is 17.2 Å². The summed E-state index contributed by atoms with van der Waals surface area (Å²) < 4.78 is 1.48. The average molecular weight is 298 g/mol. The summed E-state index contributed by atoms with van der Waals surface area (Å²) in [4.78, 5) is 24.4. The van der Waals surface area contributed by atoms with Gasteiger partial charge in [0.15, 0.2) is 0 Å². The summed E-state index contributed by atoms with van der Waals surface area (Å²) >= 11 is 1.16. The second-order valence-electron chi connectivity index (χ2n) is 5.51. The van der Waals surface area contributed by atoms with Gasteiger partial charge in [-0.05, 0) is 32.6 Å². The fourth-order valence-corrected chi connectivity index (χ4v) is 3.53. The highest BCUT2D eigenvalue weighted by Gasteiger charge is 2.23. The van der Waals surface area contributed by atoms with Gasteiger partial charge in [0.25, 0.3) is 0 Å². The van der Waals surface area contributed by atoms with E-state index in [2.05, 4.69) is 5.32 Å². The topological polar surface area (TPSA) is 71.3 Å². The first-order chi connectivity index (χ1) is 9.49. The highest BCUT2D eigenvalue weighted by atomic mass is 32.1. The molecule has 20 heavy (non-hydrogen) atoms. The minimum absolute atomic E-state index is 0.0341. The number of aromatic nitrogens is 1. The summed E-state index contributed by atoms with van der Waals surface area (Å²) in [7, 11) is 0. The molecule has 6 heteroatoms. The SMILES string of the molecule is Cc1sc(=O)n(CC(=O)NCC(O)C2CCCC2)c1C. The van der Waals surface area contributed by atoms with E-state index in [0.29, 0.717) is 5.92 Å². The van der Waals surface area contributed by atoms with Gasteiger partial charge in [0.05, 0.1) is 6.10 Å². The van der Waals surface area contributed by atoms with Crippen molar-refractivity contribution in [1.29, 1.82) is 0 Å². The second kappa shape index (κ2) is 6.54. The summed E-state index contributed by atoms with van der Waals surface area (Å²) in [5.41, 5.74) is 0.839. The zero-order valence-corrected chi connectivity index (χ0v) is 12.8. The first-order valence-electron chi connectivity index (χ1n) is 7.10. The van der Waals surface area contributed by atoms with E-state index >= 15 is 0 Å². The largest absolute Gasteiger partial charge is 0.391 e. The Labute approximate surface area is 122 Å². The number of rotatable bonds is 5. The van der Waals surface area contributed by atoms with E-state index in [1.165, 1.54) is 17.4 Å². The van der Waals surface area contributed by atoms with Crippen molar-refractivity contribution in [1.82, 2.24) is 9.88 Å². The maximum absolute atomic E-state index is 11.9. The number of thiazole rings is 1. The molecule has 2 rings (SSSR count). The molecule has 1 fully saturated rings. The normalized spacial score (nSPS) is 17.4. The molecule has 0 saturated heterocycles. The van der Waals surface area contributed by atoms with E-state index in [0.717, 1.165) is 34.7 Å². The van der Waals surface area contributed by atoms with Gasteiger partial charge in [-0.3, -0.25) is 14.2 Å². The van der Waals surface area contributed by atoms with Crippen LogP contribution < -0.4 is 10.2 Å². The molecule has 5 nitrogen and oxygen atoms in total. The molecule has 1 aliphatic carbocycles. The lowest BCUT2D eigenvalue weighted by Crippen LogP contribution is -2.38. The van der Waals surface area contributed by atoms with Gasteiger partial charge in [0.2, 0.25) is 5.91 Å². The molecule has 0 spiro atoms. The Morgan fingerprint density at radius 3 is 2.65 bits per heavy atom. The van der Waals surface area contributed by atoms with Crippen LogP contribution in [0, 0.1) is 19.8 Å². The third-order valence-electron chi connectivity index (χ3n) is 4.13. The molecule has 1 atom stereocenters. The third-order valence-corrected chi connectivity index (χ3v) is 5.13. The van der Waals surface area contributed by atoms with E-state index in [9.17, 15) is 14.7 Å². The van der Waals surface area contributed by atoms with Crippen molar-refractivity contribution in [3.63, 3.8) is 0 Å². The quantitative estimate of drug-likeness (QED) is 0.858. The number of aliphatic hydroxyl groups is 1. The smallest absolute Gasteiger partial charge is 0.308 e. The summed E-state index contributed by atoms with van der Waals surface area (Å²) in [6, 6.07) is 0. The molecule has 0 aliphatic heterocycles. The van der Waals surface area contributed by atoms with Crippen molar-refractivity contribution < 1.29 is 9.90 Å². The first kappa shape index (κ1) is 15.3. The number of hydrogen-bond donors (Lipinski definition) is 2. The molecule has 1 unspecified atom stereocenters. The molecule has 0 radical (unpaired) electrons. The molecule has 1 saturated carbocycles. The number of nitrogens with one attached hydrogen (secondary N) is 1. The van der Waals surface area contributed by atoms with Crippen LogP contribution >= 0.6 is 11.3 Å². The minimum atomic E-state index is -0.469. The predicted molar refractivity (Wildman–Crippen MR) is 79.0 cm³/mol. The lowest BCUT2D eigenvalue weighted by atomic mass is 10.0.